The highest BCUT2D eigenvalue weighted by atomic mass is 127. The summed E-state index contributed by atoms with van der Waals surface area (Å²) in [6.07, 6.45) is 3.46. The first-order chi connectivity index (χ1) is 10.1. The van der Waals surface area contributed by atoms with Crippen LogP contribution < -0.4 is 20.5 Å². The lowest BCUT2D eigenvalue weighted by Crippen LogP contribution is -2.23. The summed E-state index contributed by atoms with van der Waals surface area (Å²) in [5.41, 5.74) is 6.66. The van der Waals surface area contributed by atoms with Crippen LogP contribution in [0.4, 0.5) is 5.69 Å². The molecule has 0 aliphatic carbocycles. The predicted molar refractivity (Wildman–Crippen MR) is 104 cm³/mol. The van der Waals surface area contributed by atoms with Gasteiger partial charge in [0.2, 0.25) is 0 Å². The molecule has 0 radical (unpaired) electrons. The van der Waals surface area contributed by atoms with Gasteiger partial charge in [-0.3, -0.25) is 4.99 Å². The number of rotatable bonds is 8. The summed E-state index contributed by atoms with van der Waals surface area (Å²) in [5.74, 6) is 2.58. The van der Waals surface area contributed by atoms with Crippen LogP contribution in [0.2, 0.25) is 0 Å². The Balaban J connectivity index is 0.00000441. The average Bonchev–Trinajstić information content (AvgIpc) is 2.46. The minimum atomic E-state index is 0. The van der Waals surface area contributed by atoms with Crippen molar-refractivity contribution in [2.75, 3.05) is 26.1 Å². The van der Waals surface area contributed by atoms with Crippen LogP contribution in [0.1, 0.15) is 33.1 Å². The van der Waals surface area contributed by atoms with E-state index < -0.39 is 0 Å². The molecule has 22 heavy (non-hydrogen) atoms. The SMILES string of the molecule is COc1ccc(OC)c(NC(N)=NCCCCC(C)C)c1.I. The number of ether oxygens (including phenoxy) is 2. The Hall–Kier alpha value is -1.18. The van der Waals surface area contributed by atoms with Crippen molar-refractivity contribution in [3.05, 3.63) is 18.2 Å². The van der Waals surface area contributed by atoms with E-state index in [0.29, 0.717) is 11.7 Å². The second-order valence-electron chi connectivity index (χ2n) is 5.35. The summed E-state index contributed by atoms with van der Waals surface area (Å²) in [6, 6.07) is 5.50. The van der Waals surface area contributed by atoms with Crippen molar-refractivity contribution in [1.82, 2.24) is 0 Å². The van der Waals surface area contributed by atoms with Crippen molar-refractivity contribution in [1.29, 1.82) is 0 Å². The number of nitrogens with one attached hydrogen (secondary N) is 1. The quantitative estimate of drug-likeness (QED) is 0.289. The molecule has 0 aliphatic heterocycles. The van der Waals surface area contributed by atoms with Crippen LogP contribution in [0, 0.1) is 5.92 Å². The molecule has 5 nitrogen and oxygen atoms in total. The molecule has 0 heterocycles. The molecular formula is C16H28IN3O2. The number of benzene rings is 1. The lowest BCUT2D eigenvalue weighted by molar-refractivity contribution is 0.405. The Morgan fingerprint density at radius 2 is 1.95 bits per heavy atom. The van der Waals surface area contributed by atoms with Gasteiger partial charge in [0.15, 0.2) is 5.96 Å². The molecule has 6 heteroatoms. The van der Waals surface area contributed by atoms with Crippen molar-refractivity contribution in [2.45, 2.75) is 33.1 Å². The maximum Gasteiger partial charge on any atom is 0.193 e. The molecule has 0 unspecified atom stereocenters. The number of halogens is 1. The summed E-state index contributed by atoms with van der Waals surface area (Å²) in [6.45, 7) is 5.19. The highest BCUT2D eigenvalue weighted by Gasteiger charge is 2.05. The first kappa shape index (κ1) is 20.8. The molecule has 0 spiro atoms. The molecule has 0 bridgehead atoms. The number of aliphatic imine (C=N–C) groups is 1. The summed E-state index contributed by atoms with van der Waals surface area (Å²) >= 11 is 0. The monoisotopic (exact) mass is 421 g/mol. The molecule has 0 saturated carbocycles. The second-order valence-corrected chi connectivity index (χ2v) is 5.35. The minimum absolute atomic E-state index is 0. The Labute approximate surface area is 150 Å². The lowest BCUT2D eigenvalue weighted by atomic mass is 10.1. The zero-order chi connectivity index (χ0) is 15.7. The van der Waals surface area contributed by atoms with Gasteiger partial charge in [0.05, 0.1) is 19.9 Å². The normalized spacial score (nSPS) is 11.0. The van der Waals surface area contributed by atoms with Gasteiger partial charge in [-0.25, -0.2) is 0 Å². The van der Waals surface area contributed by atoms with Crippen LogP contribution in [0.25, 0.3) is 0 Å². The minimum Gasteiger partial charge on any atom is -0.497 e. The molecule has 1 rings (SSSR count). The number of guanidine groups is 1. The number of nitrogens with two attached hydrogens (primary N) is 1. The van der Waals surface area contributed by atoms with Gasteiger partial charge in [0, 0.05) is 12.6 Å². The van der Waals surface area contributed by atoms with Crippen molar-refractivity contribution >= 4 is 35.6 Å². The number of anilines is 1. The van der Waals surface area contributed by atoms with E-state index in [1.165, 1.54) is 12.8 Å². The Bertz CT molecular complexity index is 465. The van der Waals surface area contributed by atoms with E-state index in [2.05, 4.69) is 24.2 Å². The van der Waals surface area contributed by atoms with Gasteiger partial charge >= 0.3 is 0 Å². The summed E-state index contributed by atoms with van der Waals surface area (Å²) in [5, 5.41) is 3.06. The highest BCUT2D eigenvalue weighted by Crippen LogP contribution is 2.28. The fraction of sp³-hybridized carbons (Fsp3) is 0.562. The highest BCUT2D eigenvalue weighted by molar-refractivity contribution is 14.0. The molecule has 1 aromatic carbocycles. The zero-order valence-electron chi connectivity index (χ0n) is 13.9. The molecule has 0 aromatic heterocycles. The standard InChI is InChI=1S/C16H27N3O2.HI/c1-12(2)7-5-6-10-18-16(17)19-14-11-13(20-3)8-9-15(14)21-4;/h8-9,11-12H,5-7,10H2,1-4H3,(H3,17,18,19);1H. The number of unbranched alkanes of at least 4 members (excludes halogenated alkanes) is 1. The van der Waals surface area contributed by atoms with Crippen molar-refractivity contribution in [3.8, 4) is 11.5 Å². The third-order valence-corrected chi connectivity index (χ3v) is 3.14. The molecule has 0 fully saturated rings. The van der Waals surface area contributed by atoms with Crippen molar-refractivity contribution < 1.29 is 9.47 Å². The number of hydrogen-bond donors (Lipinski definition) is 2. The Morgan fingerprint density at radius 1 is 1.23 bits per heavy atom. The molecular weight excluding hydrogens is 393 g/mol. The van der Waals surface area contributed by atoms with E-state index in [0.717, 1.165) is 30.3 Å². The topological polar surface area (TPSA) is 68.9 Å². The van der Waals surface area contributed by atoms with E-state index in [1.54, 1.807) is 14.2 Å². The maximum atomic E-state index is 5.91. The van der Waals surface area contributed by atoms with Gasteiger partial charge in [-0.2, -0.15) is 0 Å². The molecule has 126 valence electrons. The maximum absolute atomic E-state index is 5.91. The summed E-state index contributed by atoms with van der Waals surface area (Å²) in [7, 11) is 3.24. The van der Waals surface area contributed by atoms with Crippen molar-refractivity contribution in [2.24, 2.45) is 16.6 Å². The van der Waals surface area contributed by atoms with Crippen molar-refractivity contribution in [3.63, 3.8) is 0 Å². The van der Waals surface area contributed by atoms with E-state index in [1.807, 2.05) is 18.2 Å². The van der Waals surface area contributed by atoms with Crippen LogP contribution in [-0.4, -0.2) is 26.7 Å². The number of hydrogen-bond acceptors (Lipinski definition) is 3. The van der Waals surface area contributed by atoms with Gasteiger partial charge in [-0.05, 0) is 24.5 Å². The first-order valence-corrected chi connectivity index (χ1v) is 7.35. The van der Waals surface area contributed by atoms with Crippen LogP contribution in [-0.2, 0) is 0 Å². The molecule has 3 N–H and O–H groups in total. The Morgan fingerprint density at radius 3 is 2.55 bits per heavy atom. The van der Waals surface area contributed by atoms with Gasteiger partial charge < -0.3 is 20.5 Å². The molecule has 0 aliphatic rings. The van der Waals surface area contributed by atoms with E-state index in [9.17, 15) is 0 Å². The third-order valence-electron chi connectivity index (χ3n) is 3.14. The van der Waals surface area contributed by atoms with E-state index >= 15 is 0 Å². The lowest BCUT2D eigenvalue weighted by Gasteiger charge is -2.12. The summed E-state index contributed by atoms with van der Waals surface area (Å²) < 4.78 is 10.5. The predicted octanol–water partition coefficient (Wildman–Crippen LogP) is 3.87. The fourth-order valence-electron chi connectivity index (χ4n) is 1.95. The van der Waals surface area contributed by atoms with Crippen LogP contribution in [0.3, 0.4) is 0 Å². The number of methoxy groups -OCH3 is 2. The average molecular weight is 421 g/mol. The van der Waals surface area contributed by atoms with Gasteiger partial charge in [-0.15, -0.1) is 24.0 Å². The second kappa shape index (κ2) is 11.4. The van der Waals surface area contributed by atoms with E-state index in [-0.39, 0.29) is 24.0 Å². The largest absolute Gasteiger partial charge is 0.497 e. The molecule has 1 aromatic rings. The molecule has 0 atom stereocenters. The first-order valence-electron chi connectivity index (χ1n) is 7.35. The van der Waals surface area contributed by atoms with Gasteiger partial charge in [0.1, 0.15) is 11.5 Å². The summed E-state index contributed by atoms with van der Waals surface area (Å²) in [4.78, 5) is 4.33. The van der Waals surface area contributed by atoms with Crippen LogP contribution in [0.5, 0.6) is 11.5 Å². The molecule has 0 amide bonds. The third kappa shape index (κ3) is 7.72. The Kier molecular flexibility index (Phi) is 10.8. The number of nitrogens with zero attached hydrogens (tertiary/aromatic N) is 1. The van der Waals surface area contributed by atoms with Crippen LogP contribution in [0.15, 0.2) is 23.2 Å². The fourth-order valence-corrected chi connectivity index (χ4v) is 1.95. The molecule has 0 saturated heterocycles. The van der Waals surface area contributed by atoms with Gasteiger partial charge in [0.25, 0.3) is 0 Å². The van der Waals surface area contributed by atoms with Crippen LogP contribution >= 0.6 is 24.0 Å². The zero-order valence-corrected chi connectivity index (χ0v) is 16.2. The smallest absolute Gasteiger partial charge is 0.193 e. The van der Waals surface area contributed by atoms with E-state index in [4.69, 9.17) is 15.2 Å². The van der Waals surface area contributed by atoms with Gasteiger partial charge in [-0.1, -0.05) is 26.7 Å².